The molecular formula is C45H60N10O14. The third-order valence-electron chi connectivity index (χ3n) is 11.5. The number of H-pyrrole nitrogens is 1. The van der Waals surface area contributed by atoms with Crippen LogP contribution in [0.15, 0.2) is 60.8 Å². The largest absolute Gasteiger partial charge is 0.480 e. The number of carbonyl (C=O) groups excluding carboxylic acids is 8. The molecule has 2 saturated heterocycles. The molecule has 2 aliphatic rings. The summed E-state index contributed by atoms with van der Waals surface area (Å²) >= 11 is 0. The molecule has 2 aliphatic heterocycles. The Kier molecular flexibility index (Phi) is 18.7. The fourth-order valence-electron chi connectivity index (χ4n) is 7.89. The Labute approximate surface area is 395 Å². The number of amides is 8. The Bertz CT molecular complexity index is 2350. The molecule has 0 bridgehead atoms. The number of carboxylic acids is 1. The normalized spacial score (nSPS) is 25.7. The first-order valence-electron chi connectivity index (χ1n) is 22.3. The van der Waals surface area contributed by atoms with Crippen molar-refractivity contribution in [2.45, 2.75) is 120 Å². The molecule has 24 heteroatoms. The summed E-state index contributed by atoms with van der Waals surface area (Å²) < 4.78 is 5.51. The topological polar surface area (TPSA) is 382 Å². The van der Waals surface area contributed by atoms with Crippen molar-refractivity contribution in [1.82, 2.24) is 47.5 Å². The third kappa shape index (κ3) is 14.8. The van der Waals surface area contributed by atoms with Crippen molar-refractivity contribution in [3.63, 3.8) is 0 Å². The first kappa shape index (κ1) is 53.0. The number of carbonyl (C=O) groups is 9. The third-order valence-corrected chi connectivity index (χ3v) is 11.5. The highest BCUT2D eigenvalue weighted by atomic mass is 16.5. The monoisotopic (exact) mass is 964 g/mol. The number of hydrogen-bond donors (Lipinski definition) is 14. The van der Waals surface area contributed by atoms with Crippen LogP contribution < -0.4 is 48.3 Å². The second kappa shape index (κ2) is 24.3. The molecule has 374 valence electrons. The number of rotatable bonds is 16. The predicted molar refractivity (Wildman–Crippen MR) is 243 cm³/mol. The molecule has 0 spiro atoms. The van der Waals surface area contributed by atoms with Gasteiger partial charge in [-0.3, -0.25) is 38.4 Å². The van der Waals surface area contributed by atoms with Crippen molar-refractivity contribution in [3.8, 4) is 0 Å². The summed E-state index contributed by atoms with van der Waals surface area (Å²) in [6, 6.07) is 4.81. The van der Waals surface area contributed by atoms with E-state index in [0.717, 1.165) is 6.92 Å². The molecule has 0 aliphatic carbocycles. The molecule has 1 aromatic heterocycles. The zero-order chi connectivity index (χ0) is 50.5. The van der Waals surface area contributed by atoms with Crippen LogP contribution in [0, 0.1) is 5.92 Å². The summed E-state index contributed by atoms with van der Waals surface area (Å²) in [6.07, 6.45) is -6.57. The van der Waals surface area contributed by atoms with E-state index in [-0.39, 0.29) is 25.2 Å². The van der Waals surface area contributed by atoms with Crippen LogP contribution in [0.3, 0.4) is 0 Å². The number of benzene rings is 2. The van der Waals surface area contributed by atoms with E-state index < -0.39 is 146 Å². The van der Waals surface area contributed by atoms with Crippen LogP contribution >= 0.6 is 0 Å². The van der Waals surface area contributed by atoms with E-state index in [0.29, 0.717) is 22.0 Å². The van der Waals surface area contributed by atoms with Gasteiger partial charge in [-0.2, -0.15) is 0 Å². The lowest BCUT2D eigenvalue weighted by atomic mass is 9.95. The van der Waals surface area contributed by atoms with Gasteiger partial charge in [0.1, 0.15) is 54.6 Å². The first-order valence-corrected chi connectivity index (χ1v) is 22.3. The van der Waals surface area contributed by atoms with E-state index in [1.165, 1.54) is 0 Å². The van der Waals surface area contributed by atoms with Crippen molar-refractivity contribution >= 4 is 64.1 Å². The van der Waals surface area contributed by atoms with Gasteiger partial charge in [0.15, 0.2) is 6.23 Å². The average molecular weight is 965 g/mol. The van der Waals surface area contributed by atoms with Crippen molar-refractivity contribution in [3.05, 3.63) is 71.9 Å². The fourth-order valence-corrected chi connectivity index (χ4v) is 7.89. The van der Waals surface area contributed by atoms with E-state index in [1.807, 2.05) is 0 Å². The fraction of sp³-hybridized carbons (Fsp3) is 0.489. The lowest BCUT2D eigenvalue weighted by molar-refractivity contribution is -0.203. The van der Waals surface area contributed by atoms with Gasteiger partial charge in [0, 0.05) is 43.4 Å². The molecule has 8 amide bonds. The minimum Gasteiger partial charge on any atom is -0.480 e. The van der Waals surface area contributed by atoms with Crippen molar-refractivity contribution in [1.29, 1.82) is 0 Å². The Morgan fingerprint density at radius 2 is 1.49 bits per heavy atom. The molecule has 3 heterocycles. The second-order valence-corrected chi connectivity index (χ2v) is 17.4. The van der Waals surface area contributed by atoms with Gasteiger partial charge in [-0.1, -0.05) is 62.4 Å². The van der Waals surface area contributed by atoms with E-state index >= 15 is 0 Å². The minimum absolute atomic E-state index is 0.0162. The highest BCUT2D eigenvalue weighted by Gasteiger charge is 2.45. The number of aromatic amines is 1. The summed E-state index contributed by atoms with van der Waals surface area (Å²) in [5.41, 5.74) is 7.98. The van der Waals surface area contributed by atoms with Gasteiger partial charge in [-0.05, 0) is 29.5 Å². The lowest BCUT2D eigenvalue weighted by Crippen LogP contribution is -2.68. The SMILES string of the molecule is CC(=O)N[C@@H]1[C@@H](O)[C@H](O)[C@@H](CO)O[C@H]1NC(=O)CC(N)C(=O)N[C@H]1CC(=O)NC[C@@H](C(=O)NC(CC(C)C)C(=O)O)NC(=O)[C@H](Cc2ccccc2)NC(=O)[C@H](Cc2c[nH]c3ccccc23)NC1=O. The summed E-state index contributed by atoms with van der Waals surface area (Å²) in [5, 5.41) is 60.9. The van der Waals surface area contributed by atoms with Gasteiger partial charge in [0.25, 0.3) is 0 Å². The van der Waals surface area contributed by atoms with Gasteiger partial charge < -0.3 is 78.4 Å². The smallest absolute Gasteiger partial charge is 0.326 e. The van der Waals surface area contributed by atoms with Crippen molar-refractivity contribution < 1.29 is 68.3 Å². The maximum atomic E-state index is 14.5. The lowest BCUT2D eigenvalue weighted by Gasteiger charge is -2.42. The molecule has 2 fully saturated rings. The maximum Gasteiger partial charge on any atom is 0.326 e. The standard InChI is InChI=1S/C45H60N10O14/c1-21(2)13-31(45(67)68)53-43(66)32-19-48-34(58)17-30(50-39(62)26(46)16-35(59)55-44-36(49-22(3)57)38(61)37(60)33(20-56)69-44)42(65)52-29(15-24-18-47-27-12-8-7-11-25(24)27)41(64)51-28(40(63)54-32)14-23-9-5-4-6-10-23/h4-12,18,21,26,28-33,36-38,44,47,56,60-61H,13-17,19-20,46H2,1-3H3,(H,48,58)(H,49,57)(H,50,62)(H,51,64)(H,52,65)(H,53,66)(H,54,63)(H,55,59)(H,67,68)/t26?,28-,29-,30-,31?,32-,33+,36+,37+,38+,44+/m0/s1. The Morgan fingerprint density at radius 1 is 0.841 bits per heavy atom. The molecule has 2 aromatic carbocycles. The molecule has 0 saturated carbocycles. The van der Waals surface area contributed by atoms with Gasteiger partial charge >= 0.3 is 5.97 Å². The van der Waals surface area contributed by atoms with E-state index in [2.05, 4.69) is 47.5 Å². The molecule has 11 atom stereocenters. The average Bonchev–Trinajstić information content (AvgIpc) is 3.71. The number of nitrogens with two attached hydrogens (primary N) is 1. The number of nitrogens with one attached hydrogen (secondary N) is 9. The Balaban J connectivity index is 1.44. The van der Waals surface area contributed by atoms with Crippen LogP contribution in [0.2, 0.25) is 0 Å². The zero-order valence-corrected chi connectivity index (χ0v) is 38.1. The van der Waals surface area contributed by atoms with Crippen LogP contribution in [0.4, 0.5) is 0 Å². The number of aliphatic hydroxyl groups is 3. The molecule has 2 unspecified atom stereocenters. The van der Waals surface area contributed by atoms with Crippen LogP contribution in [-0.2, 0) is 60.7 Å². The number of ether oxygens (including phenoxy) is 1. The number of carboxylic acid groups (broad SMARTS) is 1. The van der Waals surface area contributed by atoms with Gasteiger partial charge in [-0.25, -0.2) is 4.79 Å². The first-order chi connectivity index (χ1) is 32.7. The molecule has 3 aromatic rings. The number of aliphatic carboxylic acids is 1. The quantitative estimate of drug-likeness (QED) is 0.0648. The van der Waals surface area contributed by atoms with Crippen LogP contribution in [0.25, 0.3) is 10.9 Å². The molecular weight excluding hydrogens is 905 g/mol. The molecule has 0 radical (unpaired) electrons. The van der Waals surface area contributed by atoms with Crippen molar-refractivity contribution in [2.24, 2.45) is 11.7 Å². The summed E-state index contributed by atoms with van der Waals surface area (Å²) in [6.45, 7) is 3.17. The summed E-state index contributed by atoms with van der Waals surface area (Å²) in [7, 11) is 0. The number of fused-ring (bicyclic) bond motifs is 1. The highest BCUT2D eigenvalue weighted by Crippen LogP contribution is 2.22. The molecule has 15 N–H and O–H groups in total. The number of hydrogen-bond acceptors (Lipinski definition) is 14. The van der Waals surface area contributed by atoms with Gasteiger partial charge in [-0.15, -0.1) is 0 Å². The summed E-state index contributed by atoms with van der Waals surface area (Å²) in [4.78, 5) is 124. The predicted octanol–water partition coefficient (Wildman–Crippen LogP) is -4.20. The van der Waals surface area contributed by atoms with Crippen molar-refractivity contribution in [2.75, 3.05) is 13.2 Å². The van der Waals surface area contributed by atoms with Crippen LogP contribution in [-0.4, -0.2) is 159 Å². The summed E-state index contributed by atoms with van der Waals surface area (Å²) in [5.74, 6) is -9.08. The Morgan fingerprint density at radius 3 is 2.16 bits per heavy atom. The number of aromatic nitrogens is 1. The maximum absolute atomic E-state index is 14.5. The van der Waals surface area contributed by atoms with E-state index in [1.54, 1.807) is 74.6 Å². The molecule has 69 heavy (non-hydrogen) atoms. The molecule has 5 rings (SSSR count). The zero-order valence-electron chi connectivity index (χ0n) is 38.1. The Hall–Kier alpha value is -6.99. The van der Waals surface area contributed by atoms with Crippen LogP contribution in [0.5, 0.6) is 0 Å². The van der Waals surface area contributed by atoms with Gasteiger partial charge in [0.05, 0.1) is 25.5 Å². The van der Waals surface area contributed by atoms with Crippen LogP contribution in [0.1, 0.15) is 51.2 Å². The number of aliphatic hydroxyl groups excluding tert-OH is 3. The van der Waals surface area contributed by atoms with E-state index in [4.69, 9.17) is 10.5 Å². The molecule has 24 nitrogen and oxygen atoms in total. The minimum atomic E-state index is -1.80. The van der Waals surface area contributed by atoms with Gasteiger partial charge in [0.2, 0.25) is 47.3 Å². The second-order valence-electron chi connectivity index (χ2n) is 17.4. The van der Waals surface area contributed by atoms with E-state index in [9.17, 15) is 63.6 Å². The highest BCUT2D eigenvalue weighted by molar-refractivity contribution is 5.99. The number of para-hydroxylation sites is 1.